The van der Waals surface area contributed by atoms with Gasteiger partial charge in [0.25, 0.3) is 5.91 Å². The standard InChI is InChI=1S/C27H26F3N7O/c1-36-9-11-37(12-10-36)18-20-5-6-22(14-24(20)27(28,29)30)35-26(38)21-13-19(15-32-16-21)4-7-25-33-17-23(34-25)3-2-8-31/h2-3,5-6,8,13-17,31H,9-12,18H2,1H3,(H,33,34)(H,35,38)/b3-2-,31-8?. The summed E-state index contributed by atoms with van der Waals surface area (Å²) in [6, 6.07) is 5.38. The van der Waals surface area contributed by atoms with Crippen LogP contribution in [0.5, 0.6) is 0 Å². The van der Waals surface area contributed by atoms with Crippen molar-refractivity contribution in [3.8, 4) is 11.8 Å². The number of nitrogens with one attached hydrogen (secondary N) is 3. The van der Waals surface area contributed by atoms with Crippen LogP contribution in [-0.4, -0.2) is 70.1 Å². The highest BCUT2D eigenvalue weighted by Crippen LogP contribution is 2.34. The first kappa shape index (κ1) is 26.8. The lowest BCUT2D eigenvalue weighted by Gasteiger charge is -2.33. The van der Waals surface area contributed by atoms with Crippen LogP contribution in [0.3, 0.4) is 0 Å². The number of benzene rings is 1. The molecular weight excluding hydrogens is 495 g/mol. The molecule has 196 valence electrons. The molecule has 11 heteroatoms. The number of alkyl halides is 3. The van der Waals surface area contributed by atoms with Crippen LogP contribution in [0.25, 0.3) is 6.08 Å². The first-order valence-electron chi connectivity index (χ1n) is 11.8. The molecule has 1 aromatic carbocycles. The Morgan fingerprint density at radius 3 is 2.68 bits per heavy atom. The Labute approximate surface area is 218 Å². The number of allylic oxidation sites excluding steroid dienone is 1. The minimum absolute atomic E-state index is 0.0435. The summed E-state index contributed by atoms with van der Waals surface area (Å²) in [4.78, 5) is 28.1. The fourth-order valence-corrected chi connectivity index (χ4v) is 3.91. The average Bonchev–Trinajstić information content (AvgIpc) is 3.36. The molecule has 3 aromatic rings. The van der Waals surface area contributed by atoms with Gasteiger partial charge in [-0.15, -0.1) is 0 Å². The number of aromatic amines is 1. The van der Waals surface area contributed by atoms with Gasteiger partial charge in [0.15, 0.2) is 5.82 Å². The molecule has 0 saturated carbocycles. The molecule has 1 saturated heterocycles. The third kappa shape index (κ3) is 7.15. The number of nitrogens with zero attached hydrogens (tertiary/aromatic N) is 4. The molecule has 38 heavy (non-hydrogen) atoms. The average molecular weight is 522 g/mol. The van der Waals surface area contributed by atoms with Gasteiger partial charge in [-0.2, -0.15) is 13.2 Å². The maximum atomic E-state index is 13.9. The van der Waals surface area contributed by atoms with Gasteiger partial charge in [0.05, 0.1) is 23.0 Å². The van der Waals surface area contributed by atoms with E-state index in [0.29, 0.717) is 30.2 Å². The van der Waals surface area contributed by atoms with Crippen molar-refractivity contribution >= 4 is 23.9 Å². The minimum atomic E-state index is -4.55. The molecule has 1 aliphatic heterocycles. The van der Waals surface area contributed by atoms with E-state index in [4.69, 9.17) is 5.41 Å². The van der Waals surface area contributed by atoms with E-state index in [1.54, 1.807) is 12.3 Å². The van der Waals surface area contributed by atoms with Crippen LogP contribution >= 0.6 is 0 Å². The van der Waals surface area contributed by atoms with Gasteiger partial charge in [-0.05, 0) is 48.9 Å². The van der Waals surface area contributed by atoms with Gasteiger partial charge in [-0.1, -0.05) is 12.0 Å². The number of hydrogen-bond donors (Lipinski definition) is 3. The van der Waals surface area contributed by atoms with Crippen LogP contribution in [0.2, 0.25) is 0 Å². The molecule has 3 heterocycles. The quantitative estimate of drug-likeness (QED) is 0.338. The zero-order valence-electron chi connectivity index (χ0n) is 20.6. The second-order valence-electron chi connectivity index (χ2n) is 8.83. The first-order valence-corrected chi connectivity index (χ1v) is 11.8. The Morgan fingerprint density at radius 1 is 1.16 bits per heavy atom. The molecule has 0 spiro atoms. The Balaban J connectivity index is 1.47. The normalized spacial score (nSPS) is 14.7. The van der Waals surface area contributed by atoms with Crippen LogP contribution in [0.15, 0.2) is 48.9 Å². The van der Waals surface area contributed by atoms with Gasteiger partial charge in [0, 0.05) is 62.6 Å². The number of carbonyl (C=O) groups is 1. The predicted octanol–water partition coefficient (Wildman–Crippen LogP) is 3.89. The number of anilines is 1. The summed E-state index contributed by atoms with van der Waals surface area (Å²) < 4.78 is 41.6. The summed E-state index contributed by atoms with van der Waals surface area (Å²) in [6.07, 6.45) is 4.15. The lowest BCUT2D eigenvalue weighted by atomic mass is 10.0. The maximum absolute atomic E-state index is 13.9. The number of carbonyl (C=O) groups excluding carboxylic acids is 1. The molecule has 1 fully saturated rings. The van der Waals surface area contributed by atoms with Crippen molar-refractivity contribution in [1.29, 1.82) is 5.41 Å². The molecule has 8 nitrogen and oxygen atoms in total. The van der Waals surface area contributed by atoms with Crippen molar-refractivity contribution in [3.63, 3.8) is 0 Å². The fourth-order valence-electron chi connectivity index (χ4n) is 3.91. The smallest absolute Gasteiger partial charge is 0.332 e. The number of rotatable bonds is 6. The summed E-state index contributed by atoms with van der Waals surface area (Å²) in [5.74, 6) is 5.48. The van der Waals surface area contributed by atoms with E-state index in [1.165, 1.54) is 36.7 Å². The fraction of sp³-hybridized carbons (Fsp3) is 0.259. The number of imidazole rings is 1. The topological polar surface area (TPSA) is 101 Å². The number of likely N-dealkylation sites (N-methyl/N-ethyl adjacent to an activating group) is 1. The molecule has 0 bridgehead atoms. The lowest BCUT2D eigenvalue weighted by Crippen LogP contribution is -2.44. The molecule has 2 aromatic heterocycles. The van der Waals surface area contributed by atoms with Crippen LogP contribution in [0, 0.1) is 17.3 Å². The number of halogens is 3. The second kappa shape index (κ2) is 11.9. The van der Waals surface area contributed by atoms with Crippen molar-refractivity contribution < 1.29 is 18.0 Å². The number of piperazine rings is 1. The minimum Gasteiger partial charge on any atom is -0.332 e. The van der Waals surface area contributed by atoms with E-state index in [1.807, 2.05) is 11.9 Å². The number of hydrogen-bond acceptors (Lipinski definition) is 6. The van der Waals surface area contributed by atoms with E-state index in [9.17, 15) is 18.0 Å². The Morgan fingerprint density at radius 2 is 1.95 bits per heavy atom. The van der Waals surface area contributed by atoms with E-state index in [2.05, 4.69) is 37.0 Å². The molecule has 0 unspecified atom stereocenters. The van der Waals surface area contributed by atoms with Gasteiger partial charge >= 0.3 is 6.18 Å². The summed E-state index contributed by atoms with van der Waals surface area (Å²) in [6.45, 7) is 3.19. The highest BCUT2D eigenvalue weighted by molar-refractivity contribution is 6.04. The zero-order valence-corrected chi connectivity index (χ0v) is 20.6. The summed E-state index contributed by atoms with van der Waals surface area (Å²) in [5.41, 5.74) is 0.720. The Kier molecular flexibility index (Phi) is 8.35. The number of amides is 1. The van der Waals surface area contributed by atoms with Crippen molar-refractivity contribution in [2.75, 3.05) is 38.5 Å². The van der Waals surface area contributed by atoms with Crippen molar-refractivity contribution in [2.45, 2.75) is 12.7 Å². The van der Waals surface area contributed by atoms with Gasteiger partial charge in [-0.3, -0.25) is 14.7 Å². The van der Waals surface area contributed by atoms with E-state index in [-0.39, 0.29) is 23.4 Å². The summed E-state index contributed by atoms with van der Waals surface area (Å²) in [5, 5.41) is 9.55. The Bertz CT molecular complexity index is 1390. The molecule has 0 radical (unpaired) electrons. The van der Waals surface area contributed by atoms with Crippen LogP contribution in [0.4, 0.5) is 18.9 Å². The monoisotopic (exact) mass is 521 g/mol. The molecule has 1 aliphatic rings. The van der Waals surface area contributed by atoms with Crippen LogP contribution < -0.4 is 5.32 Å². The van der Waals surface area contributed by atoms with E-state index >= 15 is 0 Å². The van der Waals surface area contributed by atoms with Crippen LogP contribution in [0.1, 0.15) is 38.6 Å². The van der Waals surface area contributed by atoms with Gasteiger partial charge in [0.2, 0.25) is 0 Å². The number of pyridine rings is 1. The SMILES string of the molecule is CN1CCN(Cc2ccc(NC(=O)c3cncc(C#Cc4ncc(/C=C\C=N)[nH]4)c3)cc2C(F)(F)F)CC1. The molecule has 3 N–H and O–H groups in total. The summed E-state index contributed by atoms with van der Waals surface area (Å²) >= 11 is 0. The molecule has 4 rings (SSSR count). The molecule has 0 aliphatic carbocycles. The van der Waals surface area contributed by atoms with Crippen molar-refractivity contribution in [2.24, 2.45) is 0 Å². The highest BCUT2D eigenvalue weighted by atomic mass is 19.4. The first-order chi connectivity index (χ1) is 18.2. The maximum Gasteiger partial charge on any atom is 0.416 e. The number of aromatic nitrogens is 3. The molecule has 1 amide bonds. The molecule has 0 atom stereocenters. The van der Waals surface area contributed by atoms with E-state index < -0.39 is 17.6 Å². The largest absolute Gasteiger partial charge is 0.416 e. The summed E-state index contributed by atoms with van der Waals surface area (Å²) in [7, 11) is 1.99. The van der Waals surface area contributed by atoms with Crippen molar-refractivity contribution in [3.05, 3.63) is 82.7 Å². The third-order valence-corrected chi connectivity index (χ3v) is 5.96. The van der Waals surface area contributed by atoms with Gasteiger partial charge < -0.3 is 20.6 Å². The van der Waals surface area contributed by atoms with Gasteiger partial charge in [-0.25, -0.2) is 4.98 Å². The van der Waals surface area contributed by atoms with Crippen molar-refractivity contribution in [1.82, 2.24) is 24.8 Å². The molecular formula is C27H26F3N7O. The highest BCUT2D eigenvalue weighted by Gasteiger charge is 2.34. The second-order valence-corrected chi connectivity index (χ2v) is 8.83. The Hall–Kier alpha value is -4.27. The van der Waals surface area contributed by atoms with Gasteiger partial charge in [0.1, 0.15) is 0 Å². The lowest BCUT2D eigenvalue weighted by molar-refractivity contribution is -0.138. The number of H-pyrrole nitrogens is 1. The van der Waals surface area contributed by atoms with E-state index in [0.717, 1.165) is 25.4 Å². The predicted molar refractivity (Wildman–Crippen MR) is 139 cm³/mol. The zero-order chi connectivity index (χ0) is 27.1. The third-order valence-electron chi connectivity index (χ3n) is 5.96. The van der Waals surface area contributed by atoms with Crippen LogP contribution in [-0.2, 0) is 12.7 Å².